The molecule has 18 heavy (non-hydrogen) atoms. The van der Waals surface area contributed by atoms with E-state index in [1.165, 1.54) is 12.1 Å². The van der Waals surface area contributed by atoms with E-state index in [0.29, 0.717) is 11.4 Å². The van der Waals surface area contributed by atoms with Crippen molar-refractivity contribution < 1.29 is 9.50 Å². The number of benzene rings is 2. The van der Waals surface area contributed by atoms with Crippen molar-refractivity contribution in [2.24, 2.45) is 0 Å². The summed E-state index contributed by atoms with van der Waals surface area (Å²) in [5, 5.41) is 9.85. The predicted octanol–water partition coefficient (Wildman–Crippen LogP) is 3.99. The Kier molecular flexibility index (Phi) is 4.34. The van der Waals surface area contributed by atoms with Crippen molar-refractivity contribution in [2.75, 3.05) is 6.61 Å². The lowest BCUT2D eigenvalue weighted by molar-refractivity contribution is 0.281. The lowest BCUT2D eigenvalue weighted by Crippen LogP contribution is -2.03. The van der Waals surface area contributed by atoms with Gasteiger partial charge in [0.05, 0.1) is 0 Å². The monoisotopic (exact) mass is 264 g/mol. The van der Waals surface area contributed by atoms with Crippen molar-refractivity contribution in [1.29, 1.82) is 0 Å². The van der Waals surface area contributed by atoms with Gasteiger partial charge in [-0.2, -0.15) is 0 Å². The van der Waals surface area contributed by atoms with E-state index in [1.807, 2.05) is 24.3 Å². The summed E-state index contributed by atoms with van der Waals surface area (Å²) in [6.07, 6.45) is 0.604. The van der Waals surface area contributed by atoms with Crippen LogP contribution in [0.15, 0.2) is 48.5 Å². The number of hydrogen-bond acceptors (Lipinski definition) is 1. The zero-order valence-corrected chi connectivity index (χ0v) is 10.6. The fourth-order valence-electron chi connectivity index (χ4n) is 2.05. The van der Waals surface area contributed by atoms with E-state index in [4.69, 9.17) is 16.7 Å². The molecule has 0 bridgehead atoms. The van der Waals surface area contributed by atoms with Crippen LogP contribution in [0.1, 0.15) is 23.5 Å². The third-order valence-electron chi connectivity index (χ3n) is 2.96. The van der Waals surface area contributed by atoms with Crippen molar-refractivity contribution in [3.8, 4) is 0 Å². The van der Waals surface area contributed by atoms with Crippen LogP contribution in [-0.2, 0) is 0 Å². The van der Waals surface area contributed by atoms with Crippen LogP contribution < -0.4 is 0 Å². The van der Waals surface area contributed by atoms with Crippen LogP contribution in [0, 0.1) is 5.82 Å². The normalized spacial score (nSPS) is 12.4. The van der Waals surface area contributed by atoms with E-state index in [9.17, 15) is 4.39 Å². The van der Waals surface area contributed by atoms with Gasteiger partial charge in [-0.15, -0.1) is 0 Å². The van der Waals surface area contributed by atoms with E-state index in [-0.39, 0.29) is 18.3 Å². The lowest BCUT2D eigenvalue weighted by atomic mass is 9.89. The van der Waals surface area contributed by atoms with Gasteiger partial charge in [-0.1, -0.05) is 35.9 Å². The van der Waals surface area contributed by atoms with Crippen LogP contribution in [0.3, 0.4) is 0 Å². The maximum absolute atomic E-state index is 12.9. The van der Waals surface area contributed by atoms with Gasteiger partial charge in [0.2, 0.25) is 0 Å². The summed E-state index contributed by atoms with van der Waals surface area (Å²) < 4.78 is 12.9. The molecule has 0 radical (unpaired) electrons. The van der Waals surface area contributed by atoms with E-state index in [0.717, 1.165) is 11.1 Å². The second-order valence-electron chi connectivity index (χ2n) is 4.17. The molecule has 1 unspecified atom stereocenters. The van der Waals surface area contributed by atoms with Gasteiger partial charge in [-0.3, -0.25) is 0 Å². The Labute approximate surface area is 111 Å². The van der Waals surface area contributed by atoms with Gasteiger partial charge in [0.25, 0.3) is 0 Å². The van der Waals surface area contributed by atoms with E-state index >= 15 is 0 Å². The van der Waals surface area contributed by atoms with Gasteiger partial charge in [0.1, 0.15) is 5.82 Å². The largest absolute Gasteiger partial charge is 0.396 e. The molecule has 0 spiro atoms. The summed E-state index contributed by atoms with van der Waals surface area (Å²) in [6, 6.07) is 13.9. The van der Waals surface area contributed by atoms with Gasteiger partial charge < -0.3 is 5.11 Å². The average molecular weight is 265 g/mol. The zero-order chi connectivity index (χ0) is 13.0. The molecule has 0 aromatic heterocycles. The Bertz CT molecular complexity index is 447. The molecule has 0 heterocycles. The van der Waals surface area contributed by atoms with Crippen LogP contribution in [0.2, 0.25) is 5.02 Å². The summed E-state index contributed by atoms with van der Waals surface area (Å²) in [4.78, 5) is 0. The molecule has 0 aliphatic heterocycles. The van der Waals surface area contributed by atoms with Crippen LogP contribution in [0.4, 0.5) is 4.39 Å². The predicted molar refractivity (Wildman–Crippen MR) is 71.4 cm³/mol. The van der Waals surface area contributed by atoms with Gasteiger partial charge in [-0.05, 0) is 41.8 Å². The average Bonchev–Trinajstić information content (AvgIpc) is 2.39. The molecule has 0 amide bonds. The molecule has 1 N–H and O–H groups in total. The summed E-state index contributed by atoms with van der Waals surface area (Å²) in [5.41, 5.74) is 2.06. The minimum absolute atomic E-state index is 0.0628. The maximum Gasteiger partial charge on any atom is 0.123 e. The maximum atomic E-state index is 12.9. The topological polar surface area (TPSA) is 20.2 Å². The molecule has 0 saturated heterocycles. The SMILES string of the molecule is OCCC(c1ccc(F)cc1)c1ccc(Cl)cc1. The van der Waals surface area contributed by atoms with E-state index in [2.05, 4.69) is 0 Å². The summed E-state index contributed by atoms with van der Waals surface area (Å²) in [6.45, 7) is 0.0880. The Balaban J connectivity index is 2.33. The molecule has 3 heteroatoms. The van der Waals surface area contributed by atoms with Crippen LogP contribution in [-0.4, -0.2) is 11.7 Å². The highest BCUT2D eigenvalue weighted by atomic mass is 35.5. The Morgan fingerprint density at radius 2 is 1.44 bits per heavy atom. The Morgan fingerprint density at radius 1 is 0.944 bits per heavy atom. The number of rotatable bonds is 4. The van der Waals surface area contributed by atoms with Gasteiger partial charge in [-0.25, -0.2) is 4.39 Å². The highest BCUT2D eigenvalue weighted by Gasteiger charge is 2.13. The van der Waals surface area contributed by atoms with Crippen LogP contribution in [0.25, 0.3) is 0 Å². The third-order valence-corrected chi connectivity index (χ3v) is 3.21. The molecule has 94 valence electrons. The van der Waals surface area contributed by atoms with E-state index in [1.54, 1.807) is 12.1 Å². The third kappa shape index (κ3) is 3.09. The first-order chi connectivity index (χ1) is 8.70. The minimum atomic E-state index is -0.252. The fourth-order valence-corrected chi connectivity index (χ4v) is 2.17. The van der Waals surface area contributed by atoms with Crippen LogP contribution in [0.5, 0.6) is 0 Å². The molecule has 0 aliphatic carbocycles. The first-order valence-electron chi connectivity index (χ1n) is 5.82. The molecular formula is C15H14ClFO. The highest BCUT2D eigenvalue weighted by Crippen LogP contribution is 2.28. The second-order valence-corrected chi connectivity index (χ2v) is 4.60. The molecule has 0 fully saturated rings. The molecule has 2 aromatic rings. The molecule has 1 atom stereocenters. The van der Waals surface area contributed by atoms with Crippen molar-refractivity contribution in [2.45, 2.75) is 12.3 Å². The molecule has 0 saturated carbocycles. The van der Waals surface area contributed by atoms with Crippen molar-refractivity contribution in [3.63, 3.8) is 0 Å². The number of aliphatic hydroxyl groups excluding tert-OH is 1. The van der Waals surface area contributed by atoms with E-state index < -0.39 is 0 Å². The number of aliphatic hydroxyl groups is 1. The molecule has 2 rings (SSSR count). The molecule has 1 nitrogen and oxygen atoms in total. The number of halogens is 2. The molecule has 0 aliphatic rings. The summed E-state index contributed by atoms with van der Waals surface area (Å²) in [7, 11) is 0. The highest BCUT2D eigenvalue weighted by molar-refractivity contribution is 6.30. The second kappa shape index (κ2) is 5.98. The van der Waals surface area contributed by atoms with Crippen molar-refractivity contribution in [3.05, 3.63) is 70.5 Å². The lowest BCUT2D eigenvalue weighted by Gasteiger charge is -2.17. The zero-order valence-electron chi connectivity index (χ0n) is 9.81. The first kappa shape index (κ1) is 13.1. The van der Waals surface area contributed by atoms with Crippen LogP contribution >= 0.6 is 11.6 Å². The quantitative estimate of drug-likeness (QED) is 0.885. The molecule has 2 aromatic carbocycles. The van der Waals surface area contributed by atoms with Crippen molar-refractivity contribution >= 4 is 11.6 Å². The van der Waals surface area contributed by atoms with Gasteiger partial charge in [0.15, 0.2) is 0 Å². The summed E-state index contributed by atoms with van der Waals surface area (Å²) >= 11 is 5.86. The standard InChI is InChI=1S/C15H14ClFO/c16-13-5-1-11(2-6-13)15(9-10-18)12-3-7-14(17)8-4-12/h1-8,15,18H,9-10H2. The first-order valence-corrected chi connectivity index (χ1v) is 6.20. The number of hydrogen-bond donors (Lipinski definition) is 1. The van der Waals surface area contributed by atoms with Gasteiger partial charge in [0, 0.05) is 17.5 Å². The minimum Gasteiger partial charge on any atom is -0.396 e. The Morgan fingerprint density at radius 3 is 1.94 bits per heavy atom. The summed E-state index contributed by atoms with van der Waals surface area (Å²) in [5.74, 6) is -0.189. The molecular weight excluding hydrogens is 251 g/mol. The Hall–Kier alpha value is -1.38. The fraction of sp³-hybridized carbons (Fsp3) is 0.200. The smallest absolute Gasteiger partial charge is 0.123 e. The van der Waals surface area contributed by atoms with Gasteiger partial charge >= 0.3 is 0 Å². The van der Waals surface area contributed by atoms with Crippen molar-refractivity contribution in [1.82, 2.24) is 0 Å².